The van der Waals surface area contributed by atoms with Gasteiger partial charge in [0.15, 0.2) is 11.5 Å². The van der Waals surface area contributed by atoms with Crippen LogP contribution in [0, 0.1) is 6.92 Å². The van der Waals surface area contributed by atoms with Crippen molar-refractivity contribution >= 4 is 5.95 Å². The van der Waals surface area contributed by atoms with Gasteiger partial charge in [-0.1, -0.05) is 47.9 Å². The summed E-state index contributed by atoms with van der Waals surface area (Å²) in [5.41, 5.74) is 3.43. The van der Waals surface area contributed by atoms with E-state index >= 15 is 0 Å². The molecule has 0 saturated heterocycles. The van der Waals surface area contributed by atoms with Crippen molar-refractivity contribution in [3.63, 3.8) is 0 Å². The predicted octanol–water partition coefficient (Wildman–Crippen LogP) is 3.98. The topological polar surface area (TPSA) is 74.1 Å². The zero-order chi connectivity index (χ0) is 19.8. The van der Waals surface area contributed by atoms with Gasteiger partial charge in [-0.15, -0.1) is 0 Å². The van der Waals surface area contributed by atoms with Crippen molar-refractivity contribution in [2.75, 3.05) is 11.9 Å². The molecule has 1 heterocycles. The van der Waals surface area contributed by atoms with Crippen molar-refractivity contribution in [1.82, 2.24) is 20.2 Å². The molecule has 1 N–H and O–H groups in total. The Hall–Kier alpha value is -3.09. The van der Waals surface area contributed by atoms with Crippen molar-refractivity contribution in [1.29, 1.82) is 0 Å². The van der Waals surface area contributed by atoms with E-state index in [9.17, 15) is 0 Å². The molecule has 0 spiro atoms. The van der Waals surface area contributed by atoms with Crippen LogP contribution in [0.4, 0.5) is 5.95 Å². The highest BCUT2D eigenvalue weighted by molar-refractivity contribution is 5.44. The van der Waals surface area contributed by atoms with E-state index in [4.69, 9.17) is 9.47 Å². The number of benzene rings is 2. The molecule has 0 amide bonds. The Labute approximate surface area is 165 Å². The van der Waals surface area contributed by atoms with Crippen LogP contribution >= 0.6 is 0 Å². The highest BCUT2D eigenvalue weighted by Crippen LogP contribution is 2.29. The minimum Gasteiger partial charge on any atom is -0.490 e. The summed E-state index contributed by atoms with van der Waals surface area (Å²) in [5.74, 6) is 2.14. The molecule has 1 aromatic heterocycles. The molecule has 0 saturated carbocycles. The van der Waals surface area contributed by atoms with Gasteiger partial charge in [-0.25, -0.2) is 4.68 Å². The van der Waals surface area contributed by atoms with E-state index in [0.29, 0.717) is 25.7 Å². The normalized spacial score (nSPS) is 10.7. The second-order valence-corrected chi connectivity index (χ2v) is 6.57. The molecule has 2 aromatic carbocycles. The van der Waals surface area contributed by atoms with Crippen molar-refractivity contribution in [3.8, 4) is 11.5 Å². The average Bonchev–Trinajstić information content (AvgIpc) is 3.14. The van der Waals surface area contributed by atoms with E-state index in [2.05, 4.69) is 59.0 Å². The summed E-state index contributed by atoms with van der Waals surface area (Å²) in [5, 5.41) is 15.0. The predicted molar refractivity (Wildman–Crippen MR) is 109 cm³/mol. The third-order valence-electron chi connectivity index (χ3n) is 4.24. The van der Waals surface area contributed by atoms with E-state index in [0.717, 1.165) is 35.6 Å². The first-order chi connectivity index (χ1) is 13.7. The maximum absolute atomic E-state index is 5.99. The highest BCUT2D eigenvalue weighted by Gasteiger charge is 2.09. The molecule has 0 aliphatic heterocycles. The molecule has 0 radical (unpaired) electrons. The second kappa shape index (κ2) is 9.73. The van der Waals surface area contributed by atoms with E-state index in [1.165, 1.54) is 5.56 Å². The first-order valence-electron chi connectivity index (χ1n) is 9.63. The number of rotatable bonds is 10. The molecule has 7 nitrogen and oxygen atoms in total. The van der Waals surface area contributed by atoms with Gasteiger partial charge in [0.05, 0.1) is 6.61 Å². The Morgan fingerprint density at radius 1 is 0.964 bits per heavy atom. The molecule has 0 atom stereocenters. The maximum Gasteiger partial charge on any atom is 0.243 e. The fourth-order valence-electron chi connectivity index (χ4n) is 2.77. The molecule has 0 fully saturated rings. The lowest BCUT2D eigenvalue weighted by atomic mass is 10.1. The Bertz CT molecular complexity index is 877. The number of tetrazole rings is 1. The van der Waals surface area contributed by atoms with E-state index in [1.54, 1.807) is 4.68 Å². The fraction of sp³-hybridized carbons (Fsp3) is 0.381. The van der Waals surface area contributed by atoms with Crippen LogP contribution in [0.2, 0.25) is 0 Å². The van der Waals surface area contributed by atoms with Crippen LogP contribution in [-0.2, 0) is 19.7 Å². The number of anilines is 1. The quantitative estimate of drug-likeness (QED) is 0.573. The fourth-order valence-corrected chi connectivity index (χ4v) is 2.77. The van der Waals surface area contributed by atoms with Gasteiger partial charge in [-0.05, 0) is 54.0 Å². The zero-order valence-corrected chi connectivity index (χ0v) is 16.7. The van der Waals surface area contributed by atoms with Crippen LogP contribution in [-0.4, -0.2) is 26.8 Å². The van der Waals surface area contributed by atoms with Crippen molar-refractivity contribution in [2.45, 2.75) is 46.9 Å². The van der Waals surface area contributed by atoms with Crippen molar-refractivity contribution in [2.24, 2.45) is 0 Å². The molecule has 7 heteroatoms. The van der Waals surface area contributed by atoms with Gasteiger partial charge < -0.3 is 14.8 Å². The number of ether oxygens (including phenoxy) is 2. The lowest BCUT2D eigenvalue weighted by Gasteiger charge is -2.14. The van der Waals surface area contributed by atoms with E-state index in [-0.39, 0.29) is 0 Å². The van der Waals surface area contributed by atoms with Crippen LogP contribution in [0.15, 0.2) is 42.5 Å². The summed E-state index contributed by atoms with van der Waals surface area (Å²) in [6.45, 7) is 8.60. The molecule has 0 aliphatic rings. The minimum absolute atomic E-state index is 0.504. The molecular weight excluding hydrogens is 354 g/mol. The number of aromatic nitrogens is 4. The summed E-state index contributed by atoms with van der Waals surface area (Å²) in [6.07, 6.45) is 0.973. The first kappa shape index (κ1) is 19.7. The Morgan fingerprint density at radius 3 is 2.50 bits per heavy atom. The van der Waals surface area contributed by atoms with Gasteiger partial charge in [0, 0.05) is 13.1 Å². The van der Waals surface area contributed by atoms with Crippen LogP contribution in [0.3, 0.4) is 0 Å². The number of nitrogens with zero attached hydrogens (tertiary/aromatic N) is 4. The lowest BCUT2D eigenvalue weighted by Crippen LogP contribution is -2.09. The van der Waals surface area contributed by atoms with Crippen LogP contribution < -0.4 is 14.8 Å². The average molecular weight is 381 g/mol. The lowest BCUT2D eigenvalue weighted by molar-refractivity contribution is 0.269. The third-order valence-corrected chi connectivity index (χ3v) is 4.24. The number of aryl methyl sites for hydroxylation is 2. The second-order valence-electron chi connectivity index (χ2n) is 6.57. The van der Waals surface area contributed by atoms with Gasteiger partial charge in [0.1, 0.15) is 6.61 Å². The molecule has 0 bridgehead atoms. The largest absolute Gasteiger partial charge is 0.490 e. The SMILES string of the molecule is CCCn1nnnc1NCc1ccc(OCc2ccc(C)cc2)c(OCC)c1. The summed E-state index contributed by atoms with van der Waals surface area (Å²) in [6, 6.07) is 14.3. The summed E-state index contributed by atoms with van der Waals surface area (Å²) in [7, 11) is 0. The van der Waals surface area contributed by atoms with Gasteiger partial charge in [-0.3, -0.25) is 0 Å². The summed E-state index contributed by atoms with van der Waals surface area (Å²) >= 11 is 0. The van der Waals surface area contributed by atoms with Crippen LogP contribution in [0.1, 0.15) is 37.0 Å². The third kappa shape index (κ3) is 5.22. The smallest absolute Gasteiger partial charge is 0.243 e. The van der Waals surface area contributed by atoms with Gasteiger partial charge >= 0.3 is 0 Å². The molecule has 0 aliphatic carbocycles. The molecule has 28 heavy (non-hydrogen) atoms. The number of hydrogen-bond acceptors (Lipinski definition) is 6. The minimum atomic E-state index is 0.504. The van der Waals surface area contributed by atoms with Crippen molar-refractivity contribution in [3.05, 3.63) is 59.2 Å². The Kier molecular flexibility index (Phi) is 6.84. The monoisotopic (exact) mass is 381 g/mol. The zero-order valence-electron chi connectivity index (χ0n) is 16.7. The van der Waals surface area contributed by atoms with Crippen molar-refractivity contribution < 1.29 is 9.47 Å². The molecule has 3 aromatic rings. The molecule has 148 valence electrons. The molecule has 3 rings (SSSR count). The van der Waals surface area contributed by atoms with Gasteiger partial charge in [0.25, 0.3) is 0 Å². The van der Waals surface area contributed by atoms with E-state index < -0.39 is 0 Å². The number of nitrogens with one attached hydrogen (secondary N) is 1. The molecule has 0 unspecified atom stereocenters. The first-order valence-corrected chi connectivity index (χ1v) is 9.63. The standard InChI is InChI=1S/C21H27N5O2/c1-4-12-26-21(23-24-25-26)22-14-18-10-11-19(20(13-18)27-5-2)28-15-17-8-6-16(3)7-9-17/h6-11,13H,4-5,12,14-15H2,1-3H3,(H,22,23,25). The highest BCUT2D eigenvalue weighted by atomic mass is 16.5. The van der Waals surface area contributed by atoms with E-state index in [1.807, 2.05) is 25.1 Å². The van der Waals surface area contributed by atoms with Crippen LogP contribution in [0.5, 0.6) is 11.5 Å². The van der Waals surface area contributed by atoms with Crippen LogP contribution in [0.25, 0.3) is 0 Å². The number of hydrogen-bond donors (Lipinski definition) is 1. The Morgan fingerprint density at radius 2 is 1.75 bits per heavy atom. The molecular formula is C21H27N5O2. The van der Waals surface area contributed by atoms with Gasteiger partial charge in [0.2, 0.25) is 5.95 Å². The Balaban J connectivity index is 1.66. The summed E-state index contributed by atoms with van der Waals surface area (Å²) < 4.78 is 13.5. The summed E-state index contributed by atoms with van der Waals surface area (Å²) in [4.78, 5) is 0. The maximum atomic E-state index is 5.99. The van der Waals surface area contributed by atoms with Gasteiger partial charge in [-0.2, -0.15) is 0 Å².